The van der Waals surface area contributed by atoms with Gasteiger partial charge in [0, 0.05) is 27.7 Å². The van der Waals surface area contributed by atoms with Crippen molar-refractivity contribution in [3.05, 3.63) is 62.1 Å². The van der Waals surface area contributed by atoms with Crippen LogP contribution in [0, 0.1) is 0 Å². The third-order valence-corrected chi connectivity index (χ3v) is 5.68. The van der Waals surface area contributed by atoms with Crippen molar-refractivity contribution in [2.75, 3.05) is 11.9 Å². The molecule has 7 heteroatoms. The SMILES string of the molecule is Clc1cc(Cl)cc(-n2nc(-c3cccc(Cl)c3Cl)c3c2NCCCC3)c1. The molecule has 3 aromatic rings. The maximum Gasteiger partial charge on any atom is 0.133 e. The van der Waals surface area contributed by atoms with Crippen LogP contribution in [0.5, 0.6) is 0 Å². The molecule has 134 valence electrons. The van der Waals surface area contributed by atoms with E-state index < -0.39 is 0 Å². The molecule has 1 aliphatic rings. The van der Waals surface area contributed by atoms with Crippen molar-refractivity contribution in [2.45, 2.75) is 19.3 Å². The summed E-state index contributed by atoms with van der Waals surface area (Å²) in [6.07, 6.45) is 3.08. The van der Waals surface area contributed by atoms with Gasteiger partial charge in [0.15, 0.2) is 0 Å². The molecule has 0 bridgehead atoms. The summed E-state index contributed by atoms with van der Waals surface area (Å²) < 4.78 is 1.85. The van der Waals surface area contributed by atoms with Crippen LogP contribution in [0.1, 0.15) is 18.4 Å². The highest BCUT2D eigenvalue weighted by Gasteiger charge is 2.23. The number of hydrogen-bond acceptors (Lipinski definition) is 2. The summed E-state index contributed by atoms with van der Waals surface area (Å²) in [6, 6.07) is 11.0. The topological polar surface area (TPSA) is 29.9 Å². The summed E-state index contributed by atoms with van der Waals surface area (Å²) >= 11 is 25.1. The lowest BCUT2D eigenvalue weighted by Gasteiger charge is -2.10. The Balaban J connectivity index is 1.96. The predicted molar refractivity (Wildman–Crippen MR) is 110 cm³/mol. The van der Waals surface area contributed by atoms with Crippen molar-refractivity contribution in [3.63, 3.8) is 0 Å². The van der Waals surface area contributed by atoms with Crippen molar-refractivity contribution in [2.24, 2.45) is 0 Å². The number of aromatic nitrogens is 2. The zero-order chi connectivity index (χ0) is 18.3. The molecule has 0 saturated heterocycles. The van der Waals surface area contributed by atoms with Crippen LogP contribution in [-0.2, 0) is 6.42 Å². The summed E-state index contributed by atoms with van der Waals surface area (Å²) in [5.41, 5.74) is 3.59. The molecule has 1 aliphatic heterocycles. The number of hydrogen-bond donors (Lipinski definition) is 1. The second-order valence-electron chi connectivity index (χ2n) is 6.20. The van der Waals surface area contributed by atoms with E-state index in [2.05, 4.69) is 5.32 Å². The fourth-order valence-corrected chi connectivity index (χ4v) is 4.16. The zero-order valence-electron chi connectivity index (χ0n) is 13.7. The van der Waals surface area contributed by atoms with Gasteiger partial charge in [-0.1, -0.05) is 58.5 Å². The highest BCUT2D eigenvalue weighted by molar-refractivity contribution is 6.43. The molecule has 3 nitrogen and oxygen atoms in total. The summed E-state index contributed by atoms with van der Waals surface area (Å²) in [5, 5.41) is 10.5. The first-order valence-corrected chi connectivity index (χ1v) is 9.82. The van der Waals surface area contributed by atoms with Gasteiger partial charge >= 0.3 is 0 Å². The molecule has 0 unspecified atom stereocenters. The molecule has 0 fully saturated rings. The fraction of sp³-hybridized carbons (Fsp3) is 0.211. The first-order valence-electron chi connectivity index (χ1n) is 8.31. The second-order valence-corrected chi connectivity index (χ2v) is 7.86. The predicted octanol–water partition coefficient (Wildman–Crippen LogP) is 6.90. The Kier molecular flexibility index (Phi) is 5.07. The molecular formula is C19H15Cl4N3. The van der Waals surface area contributed by atoms with Crippen LogP contribution in [0.2, 0.25) is 20.1 Å². The first kappa shape index (κ1) is 18.0. The standard InChI is InChI=1S/C19H15Cl4N3/c20-11-8-12(21)10-13(9-11)26-19-15(4-1-2-7-24-19)18(25-26)14-5-3-6-16(22)17(14)23/h3,5-6,8-10,24H,1-2,4,7H2. The number of halogens is 4. The Morgan fingerprint density at radius 2 is 1.73 bits per heavy atom. The molecule has 0 atom stereocenters. The number of rotatable bonds is 2. The van der Waals surface area contributed by atoms with Crippen molar-refractivity contribution in [3.8, 4) is 16.9 Å². The molecule has 1 N–H and O–H groups in total. The first-order chi connectivity index (χ1) is 12.5. The molecule has 4 rings (SSSR count). The zero-order valence-corrected chi connectivity index (χ0v) is 16.7. The van der Waals surface area contributed by atoms with E-state index in [1.807, 2.05) is 28.9 Å². The number of anilines is 1. The third-order valence-electron chi connectivity index (χ3n) is 4.43. The highest BCUT2D eigenvalue weighted by Crippen LogP contribution is 2.39. The van der Waals surface area contributed by atoms with Gasteiger partial charge < -0.3 is 5.32 Å². The smallest absolute Gasteiger partial charge is 0.133 e. The summed E-state index contributed by atoms with van der Waals surface area (Å²) in [7, 11) is 0. The number of benzene rings is 2. The molecule has 2 heterocycles. The minimum Gasteiger partial charge on any atom is -0.370 e. The maximum absolute atomic E-state index is 6.47. The molecule has 1 aromatic heterocycles. The number of nitrogens with zero attached hydrogens (tertiary/aromatic N) is 2. The molecule has 0 amide bonds. The van der Waals surface area contributed by atoms with Crippen molar-refractivity contribution < 1.29 is 0 Å². The Morgan fingerprint density at radius 1 is 0.962 bits per heavy atom. The molecule has 0 spiro atoms. The van der Waals surface area contributed by atoms with Crippen molar-refractivity contribution >= 4 is 52.2 Å². The van der Waals surface area contributed by atoms with Gasteiger partial charge in [-0.3, -0.25) is 0 Å². The molecular weight excluding hydrogens is 412 g/mol. The lowest BCUT2D eigenvalue weighted by Crippen LogP contribution is -2.07. The second kappa shape index (κ2) is 7.32. The van der Waals surface area contributed by atoms with Crippen LogP contribution in [0.3, 0.4) is 0 Å². The van der Waals surface area contributed by atoms with E-state index in [9.17, 15) is 0 Å². The van der Waals surface area contributed by atoms with E-state index in [0.717, 1.165) is 54.1 Å². The molecule has 0 aliphatic carbocycles. The van der Waals surface area contributed by atoms with E-state index in [1.165, 1.54) is 0 Å². The molecule has 2 aromatic carbocycles. The lowest BCUT2D eigenvalue weighted by molar-refractivity contribution is 0.780. The van der Waals surface area contributed by atoms with Crippen LogP contribution in [0.15, 0.2) is 36.4 Å². The fourth-order valence-electron chi connectivity index (χ4n) is 3.25. The number of fused-ring (bicyclic) bond motifs is 1. The molecule has 26 heavy (non-hydrogen) atoms. The van der Waals surface area contributed by atoms with Crippen LogP contribution in [0.4, 0.5) is 5.82 Å². The van der Waals surface area contributed by atoms with E-state index in [1.54, 1.807) is 12.1 Å². The van der Waals surface area contributed by atoms with E-state index in [-0.39, 0.29) is 0 Å². The van der Waals surface area contributed by atoms with E-state index >= 15 is 0 Å². The Hall–Kier alpha value is -1.39. The van der Waals surface area contributed by atoms with Gasteiger partial charge in [0.2, 0.25) is 0 Å². The average molecular weight is 427 g/mol. The molecule has 0 radical (unpaired) electrons. The van der Waals surface area contributed by atoms with Gasteiger partial charge in [-0.05, 0) is 43.5 Å². The summed E-state index contributed by atoms with van der Waals surface area (Å²) in [6.45, 7) is 0.885. The Bertz CT molecular complexity index is 961. The largest absolute Gasteiger partial charge is 0.370 e. The van der Waals surface area contributed by atoms with Gasteiger partial charge in [0.1, 0.15) is 5.82 Å². The number of nitrogens with one attached hydrogen (secondary N) is 1. The van der Waals surface area contributed by atoms with Gasteiger partial charge in [-0.25, -0.2) is 4.68 Å². The van der Waals surface area contributed by atoms with Crippen molar-refractivity contribution in [1.82, 2.24) is 9.78 Å². The highest BCUT2D eigenvalue weighted by atomic mass is 35.5. The average Bonchev–Trinajstić information content (AvgIpc) is 2.78. The summed E-state index contributed by atoms with van der Waals surface area (Å²) in [5.74, 6) is 0.951. The monoisotopic (exact) mass is 425 g/mol. The normalized spacial score (nSPS) is 13.8. The lowest BCUT2D eigenvalue weighted by atomic mass is 10.0. The van der Waals surface area contributed by atoms with Crippen LogP contribution < -0.4 is 5.32 Å². The minimum atomic E-state index is 0.509. The van der Waals surface area contributed by atoms with Crippen molar-refractivity contribution in [1.29, 1.82) is 0 Å². The van der Waals surface area contributed by atoms with Gasteiger partial charge in [-0.15, -0.1) is 0 Å². The van der Waals surface area contributed by atoms with E-state index in [4.69, 9.17) is 51.5 Å². The van der Waals surface area contributed by atoms with E-state index in [0.29, 0.717) is 20.1 Å². The summed E-state index contributed by atoms with van der Waals surface area (Å²) in [4.78, 5) is 0. The third kappa shape index (κ3) is 3.29. The van der Waals surface area contributed by atoms with Crippen LogP contribution in [-0.4, -0.2) is 16.3 Å². The quantitative estimate of drug-likeness (QED) is 0.482. The van der Waals surface area contributed by atoms with Gasteiger partial charge in [0.05, 0.1) is 21.4 Å². The van der Waals surface area contributed by atoms with Gasteiger partial charge in [-0.2, -0.15) is 5.10 Å². The minimum absolute atomic E-state index is 0.509. The van der Waals surface area contributed by atoms with Crippen LogP contribution >= 0.6 is 46.4 Å². The maximum atomic E-state index is 6.47. The van der Waals surface area contributed by atoms with Crippen LogP contribution in [0.25, 0.3) is 16.9 Å². The molecule has 0 saturated carbocycles. The van der Waals surface area contributed by atoms with Gasteiger partial charge in [0.25, 0.3) is 0 Å². The Labute approximate surface area is 171 Å². The Morgan fingerprint density at radius 3 is 2.50 bits per heavy atom.